The van der Waals surface area contributed by atoms with Crippen LogP contribution in [0.15, 0.2) is 0 Å². The average molecular weight is 230 g/mol. The van der Waals surface area contributed by atoms with Gasteiger partial charge in [-0.1, -0.05) is 20.8 Å². The van der Waals surface area contributed by atoms with Gasteiger partial charge in [-0.15, -0.1) is 0 Å². The lowest BCUT2D eigenvalue weighted by molar-refractivity contribution is -0.165. The van der Waals surface area contributed by atoms with Crippen molar-refractivity contribution >= 4 is 5.97 Å². The molecule has 16 heavy (non-hydrogen) atoms. The summed E-state index contributed by atoms with van der Waals surface area (Å²) in [6, 6.07) is 0. The van der Waals surface area contributed by atoms with Crippen molar-refractivity contribution in [3.05, 3.63) is 0 Å². The highest BCUT2D eigenvalue weighted by atomic mass is 16.6. The summed E-state index contributed by atoms with van der Waals surface area (Å²) in [4.78, 5) is 12.0. The highest BCUT2D eigenvalue weighted by Crippen LogP contribution is 2.32. The largest absolute Gasteiger partial charge is 0.460 e. The van der Waals surface area contributed by atoms with Gasteiger partial charge in [0.1, 0.15) is 5.60 Å². The molecule has 0 amide bonds. The highest BCUT2D eigenvalue weighted by Gasteiger charge is 2.35. The fourth-order valence-electron chi connectivity index (χ4n) is 1.52. The van der Waals surface area contributed by atoms with Crippen LogP contribution in [-0.2, 0) is 9.53 Å². The molecule has 0 aliphatic heterocycles. The standard InChI is InChI=1S/C13H26O3/c1-9(14)8-10(12(2,3)4)11(15)16-13(5,6)7/h9-10,14H,8H2,1-7H3/t9-,10?/m1/s1. The van der Waals surface area contributed by atoms with Gasteiger partial charge < -0.3 is 9.84 Å². The van der Waals surface area contributed by atoms with E-state index in [1.807, 2.05) is 41.5 Å². The lowest BCUT2D eigenvalue weighted by atomic mass is 9.77. The Kier molecular flexibility index (Phi) is 4.99. The molecule has 1 unspecified atom stereocenters. The van der Waals surface area contributed by atoms with Crippen molar-refractivity contribution in [2.45, 2.75) is 66.6 Å². The van der Waals surface area contributed by atoms with Crippen LogP contribution in [0.1, 0.15) is 54.9 Å². The molecule has 3 nitrogen and oxygen atoms in total. The summed E-state index contributed by atoms with van der Waals surface area (Å²) < 4.78 is 5.38. The number of hydrogen-bond donors (Lipinski definition) is 1. The van der Waals surface area contributed by atoms with Crippen molar-refractivity contribution in [3.63, 3.8) is 0 Å². The summed E-state index contributed by atoms with van der Waals surface area (Å²) in [6.45, 7) is 13.2. The molecule has 0 spiro atoms. The molecule has 0 aromatic heterocycles. The predicted molar refractivity (Wildman–Crippen MR) is 65.1 cm³/mol. The number of aliphatic hydroxyl groups excluding tert-OH is 1. The van der Waals surface area contributed by atoms with Crippen LogP contribution in [0.5, 0.6) is 0 Å². The summed E-state index contributed by atoms with van der Waals surface area (Å²) in [5, 5.41) is 9.43. The van der Waals surface area contributed by atoms with E-state index in [1.54, 1.807) is 6.92 Å². The molecular formula is C13H26O3. The molecule has 0 radical (unpaired) electrons. The van der Waals surface area contributed by atoms with Crippen molar-refractivity contribution < 1.29 is 14.6 Å². The molecule has 0 heterocycles. The fourth-order valence-corrected chi connectivity index (χ4v) is 1.52. The van der Waals surface area contributed by atoms with Gasteiger partial charge in [0.25, 0.3) is 0 Å². The maximum atomic E-state index is 12.0. The topological polar surface area (TPSA) is 46.5 Å². The van der Waals surface area contributed by atoms with Crippen molar-refractivity contribution in [3.8, 4) is 0 Å². The summed E-state index contributed by atoms with van der Waals surface area (Å²) in [5.41, 5.74) is -0.668. The van der Waals surface area contributed by atoms with Crippen LogP contribution in [-0.4, -0.2) is 22.8 Å². The number of rotatable bonds is 3. The summed E-state index contributed by atoms with van der Waals surface area (Å²) in [7, 11) is 0. The minimum absolute atomic E-state index is 0.195. The molecule has 3 heteroatoms. The molecule has 0 saturated heterocycles. The molecule has 0 saturated carbocycles. The SMILES string of the molecule is C[C@@H](O)CC(C(=O)OC(C)(C)C)C(C)(C)C. The minimum Gasteiger partial charge on any atom is -0.460 e. The quantitative estimate of drug-likeness (QED) is 0.758. The zero-order valence-corrected chi connectivity index (χ0v) is 11.6. The third-order valence-corrected chi connectivity index (χ3v) is 2.31. The van der Waals surface area contributed by atoms with Crippen LogP contribution in [0.25, 0.3) is 0 Å². The number of aliphatic hydroxyl groups is 1. The molecule has 0 aliphatic rings. The third kappa shape index (κ3) is 6.11. The maximum absolute atomic E-state index is 12.0. The van der Waals surface area contributed by atoms with Gasteiger partial charge >= 0.3 is 5.97 Å². The van der Waals surface area contributed by atoms with Crippen LogP contribution >= 0.6 is 0 Å². The molecule has 0 fully saturated rings. The Morgan fingerprint density at radius 1 is 1.19 bits per heavy atom. The van der Waals surface area contributed by atoms with E-state index in [1.165, 1.54) is 0 Å². The summed E-state index contributed by atoms with van der Waals surface area (Å²) in [6.07, 6.45) is -0.0463. The van der Waals surface area contributed by atoms with Crippen molar-refractivity contribution in [2.24, 2.45) is 11.3 Å². The van der Waals surface area contributed by atoms with Crippen molar-refractivity contribution in [2.75, 3.05) is 0 Å². The Balaban J connectivity index is 4.71. The first-order valence-electron chi connectivity index (χ1n) is 5.84. The summed E-state index contributed by atoms with van der Waals surface area (Å²) >= 11 is 0. The molecule has 0 aromatic rings. The van der Waals surface area contributed by atoms with Crippen molar-refractivity contribution in [1.29, 1.82) is 0 Å². The van der Waals surface area contributed by atoms with E-state index in [-0.39, 0.29) is 17.3 Å². The van der Waals surface area contributed by atoms with Gasteiger partial charge in [-0.3, -0.25) is 4.79 Å². The van der Waals surface area contributed by atoms with E-state index in [0.29, 0.717) is 6.42 Å². The number of carbonyl (C=O) groups excluding carboxylic acids is 1. The number of esters is 1. The Morgan fingerprint density at radius 3 is 1.88 bits per heavy atom. The van der Waals surface area contributed by atoms with Crippen LogP contribution in [0, 0.1) is 11.3 Å². The lowest BCUT2D eigenvalue weighted by Crippen LogP contribution is -2.36. The van der Waals surface area contributed by atoms with E-state index in [2.05, 4.69) is 0 Å². The molecule has 96 valence electrons. The van der Waals surface area contributed by atoms with E-state index >= 15 is 0 Å². The van der Waals surface area contributed by atoms with Gasteiger partial charge in [0.15, 0.2) is 0 Å². The average Bonchev–Trinajstić information content (AvgIpc) is 1.93. The second-order valence-electron chi connectivity index (χ2n) is 6.54. The molecule has 0 aromatic carbocycles. The zero-order valence-electron chi connectivity index (χ0n) is 11.6. The Morgan fingerprint density at radius 2 is 1.62 bits per heavy atom. The normalized spacial score (nSPS) is 16.8. The van der Waals surface area contributed by atoms with Gasteiger partial charge in [0.05, 0.1) is 12.0 Å². The fraction of sp³-hybridized carbons (Fsp3) is 0.923. The monoisotopic (exact) mass is 230 g/mol. The van der Waals surface area contributed by atoms with Gasteiger partial charge in [-0.25, -0.2) is 0 Å². The maximum Gasteiger partial charge on any atom is 0.310 e. The predicted octanol–water partition coefficient (Wildman–Crippen LogP) is 2.76. The van der Waals surface area contributed by atoms with Gasteiger partial charge in [-0.05, 0) is 39.5 Å². The number of ether oxygens (including phenoxy) is 1. The first-order valence-corrected chi connectivity index (χ1v) is 5.84. The lowest BCUT2D eigenvalue weighted by Gasteiger charge is -2.32. The molecule has 1 N–H and O–H groups in total. The van der Waals surface area contributed by atoms with Gasteiger partial charge in [0, 0.05) is 0 Å². The van der Waals surface area contributed by atoms with E-state index in [9.17, 15) is 9.90 Å². The van der Waals surface area contributed by atoms with Crippen LogP contribution in [0.2, 0.25) is 0 Å². The zero-order chi connectivity index (χ0) is 13.1. The van der Waals surface area contributed by atoms with Crippen LogP contribution in [0.4, 0.5) is 0 Å². The van der Waals surface area contributed by atoms with E-state index in [4.69, 9.17) is 4.74 Å². The second kappa shape index (κ2) is 5.17. The Bertz CT molecular complexity index is 231. The summed E-state index contributed by atoms with van der Waals surface area (Å²) in [5.74, 6) is -0.493. The van der Waals surface area contributed by atoms with Crippen LogP contribution < -0.4 is 0 Å². The minimum atomic E-state index is -0.489. The molecule has 0 bridgehead atoms. The third-order valence-electron chi connectivity index (χ3n) is 2.31. The van der Waals surface area contributed by atoms with Gasteiger partial charge in [0.2, 0.25) is 0 Å². The second-order valence-corrected chi connectivity index (χ2v) is 6.54. The highest BCUT2D eigenvalue weighted by molar-refractivity contribution is 5.73. The first-order chi connectivity index (χ1) is 6.93. The number of hydrogen-bond acceptors (Lipinski definition) is 3. The van der Waals surface area contributed by atoms with E-state index in [0.717, 1.165) is 0 Å². The Labute approximate surface area is 99.2 Å². The smallest absolute Gasteiger partial charge is 0.310 e. The Hall–Kier alpha value is -0.570. The van der Waals surface area contributed by atoms with Crippen LogP contribution in [0.3, 0.4) is 0 Å². The molecule has 2 atom stereocenters. The van der Waals surface area contributed by atoms with Crippen molar-refractivity contribution in [1.82, 2.24) is 0 Å². The van der Waals surface area contributed by atoms with E-state index < -0.39 is 11.7 Å². The van der Waals surface area contributed by atoms with Gasteiger partial charge in [-0.2, -0.15) is 0 Å². The molecule has 0 aliphatic carbocycles. The first kappa shape index (κ1) is 15.4. The molecular weight excluding hydrogens is 204 g/mol. The number of carbonyl (C=O) groups is 1. The molecule has 0 rings (SSSR count).